The molecule has 0 atom stereocenters. The number of pyridine rings is 1. The van der Waals surface area contributed by atoms with E-state index in [1.54, 1.807) is 0 Å². The molecule has 0 saturated carbocycles. The molecule has 0 bridgehead atoms. The normalized spacial score (nSPS) is 14.1. The number of nitrogens with one attached hydrogen (secondary N) is 3. The highest BCUT2D eigenvalue weighted by molar-refractivity contribution is 5.85. The SMILES string of the molecule is Cc1[nH]nc2ncc(CNCc3ccc(N4CCNC(=O)C4)cc3)cc12.Cl. The highest BCUT2D eigenvalue weighted by atomic mass is 35.5. The molecule has 3 N–H and O–H groups in total. The molecular formula is C19H23ClN6O. The minimum atomic E-state index is 0. The molecule has 3 heterocycles. The van der Waals surface area contributed by atoms with E-state index in [1.165, 1.54) is 5.56 Å². The van der Waals surface area contributed by atoms with Crippen LogP contribution in [0.3, 0.4) is 0 Å². The van der Waals surface area contributed by atoms with Crippen molar-refractivity contribution in [1.29, 1.82) is 0 Å². The molecule has 7 nitrogen and oxygen atoms in total. The van der Waals surface area contributed by atoms with E-state index < -0.39 is 0 Å². The third-order valence-corrected chi connectivity index (χ3v) is 4.65. The summed E-state index contributed by atoms with van der Waals surface area (Å²) in [6, 6.07) is 10.5. The minimum absolute atomic E-state index is 0. The Morgan fingerprint density at radius 3 is 2.74 bits per heavy atom. The van der Waals surface area contributed by atoms with Crippen LogP contribution < -0.4 is 15.5 Å². The van der Waals surface area contributed by atoms with Crippen molar-refractivity contribution in [3.63, 3.8) is 0 Å². The highest BCUT2D eigenvalue weighted by Crippen LogP contribution is 2.17. The maximum atomic E-state index is 11.5. The molecule has 0 radical (unpaired) electrons. The summed E-state index contributed by atoms with van der Waals surface area (Å²) in [6.07, 6.45) is 1.86. The maximum Gasteiger partial charge on any atom is 0.239 e. The highest BCUT2D eigenvalue weighted by Gasteiger charge is 2.16. The van der Waals surface area contributed by atoms with Gasteiger partial charge in [-0.05, 0) is 36.2 Å². The van der Waals surface area contributed by atoms with Gasteiger partial charge in [0.05, 0.1) is 6.54 Å². The average molecular weight is 387 g/mol. The number of carbonyl (C=O) groups excluding carboxylic acids is 1. The van der Waals surface area contributed by atoms with Crippen molar-refractivity contribution in [1.82, 2.24) is 25.8 Å². The number of amides is 1. The Labute approximate surface area is 164 Å². The number of hydrogen-bond acceptors (Lipinski definition) is 5. The quantitative estimate of drug-likeness (QED) is 0.623. The standard InChI is InChI=1S/C19H22N6O.ClH/c1-13-17-8-15(11-22-19(17)24-23-13)10-20-9-14-2-4-16(5-3-14)25-7-6-21-18(26)12-25;/h2-5,8,11,20H,6-7,9-10,12H2,1H3,(H,21,26)(H,22,23,24);1H. The molecule has 2 aromatic heterocycles. The molecule has 8 heteroatoms. The number of anilines is 1. The third kappa shape index (κ3) is 4.37. The van der Waals surface area contributed by atoms with Crippen molar-refractivity contribution < 1.29 is 4.79 Å². The number of nitrogens with zero attached hydrogens (tertiary/aromatic N) is 3. The van der Waals surface area contributed by atoms with Crippen molar-refractivity contribution in [2.24, 2.45) is 0 Å². The second kappa shape index (κ2) is 8.37. The van der Waals surface area contributed by atoms with Crippen LogP contribution in [0.4, 0.5) is 5.69 Å². The van der Waals surface area contributed by atoms with E-state index in [0.29, 0.717) is 13.1 Å². The molecule has 1 amide bonds. The predicted molar refractivity (Wildman–Crippen MR) is 108 cm³/mol. The zero-order chi connectivity index (χ0) is 17.9. The molecule has 0 spiro atoms. The van der Waals surface area contributed by atoms with Gasteiger partial charge in [0, 0.05) is 49.1 Å². The number of aryl methyl sites for hydroxylation is 1. The van der Waals surface area contributed by atoms with Crippen LogP contribution in [0.25, 0.3) is 11.0 Å². The molecule has 27 heavy (non-hydrogen) atoms. The first kappa shape index (κ1) is 19.1. The van der Waals surface area contributed by atoms with Crippen molar-refractivity contribution >= 4 is 35.0 Å². The fourth-order valence-corrected chi connectivity index (χ4v) is 3.19. The Hall–Kier alpha value is -2.64. The number of benzene rings is 1. The van der Waals surface area contributed by atoms with Crippen molar-refractivity contribution in [2.45, 2.75) is 20.0 Å². The Balaban J connectivity index is 0.00000210. The summed E-state index contributed by atoms with van der Waals surface area (Å²) in [6.45, 7) is 5.52. The number of H-pyrrole nitrogens is 1. The topological polar surface area (TPSA) is 85.9 Å². The molecule has 1 aromatic carbocycles. The van der Waals surface area contributed by atoms with Crippen LogP contribution in [-0.4, -0.2) is 40.7 Å². The fraction of sp³-hybridized carbons (Fsp3) is 0.316. The van der Waals surface area contributed by atoms with Crippen LogP contribution in [0.2, 0.25) is 0 Å². The number of rotatable bonds is 5. The molecule has 1 aliphatic heterocycles. The van der Waals surface area contributed by atoms with Crippen molar-refractivity contribution in [2.75, 3.05) is 24.5 Å². The van der Waals surface area contributed by atoms with E-state index in [4.69, 9.17) is 0 Å². The Morgan fingerprint density at radius 2 is 1.96 bits per heavy atom. The molecule has 3 aromatic rings. The number of carbonyl (C=O) groups is 1. The second-order valence-electron chi connectivity index (χ2n) is 6.60. The van der Waals surface area contributed by atoms with E-state index in [0.717, 1.165) is 47.6 Å². The lowest BCUT2D eigenvalue weighted by molar-refractivity contribution is -0.120. The van der Waals surface area contributed by atoms with Gasteiger partial charge in [-0.1, -0.05) is 12.1 Å². The zero-order valence-corrected chi connectivity index (χ0v) is 16.0. The summed E-state index contributed by atoms with van der Waals surface area (Å²) in [5, 5.41) is 14.5. The molecule has 0 aliphatic carbocycles. The second-order valence-corrected chi connectivity index (χ2v) is 6.60. The van der Waals surface area contributed by atoms with Crippen molar-refractivity contribution in [3.8, 4) is 0 Å². The third-order valence-electron chi connectivity index (χ3n) is 4.65. The Morgan fingerprint density at radius 1 is 1.19 bits per heavy atom. The zero-order valence-electron chi connectivity index (χ0n) is 15.2. The monoisotopic (exact) mass is 386 g/mol. The van der Waals surface area contributed by atoms with Crippen LogP contribution >= 0.6 is 12.4 Å². The number of fused-ring (bicyclic) bond motifs is 1. The van der Waals surface area contributed by atoms with Crippen LogP contribution in [0.15, 0.2) is 36.5 Å². The van der Waals surface area contributed by atoms with Gasteiger partial charge < -0.3 is 15.5 Å². The number of hydrogen-bond donors (Lipinski definition) is 3. The summed E-state index contributed by atoms with van der Waals surface area (Å²) < 4.78 is 0. The maximum absolute atomic E-state index is 11.5. The van der Waals surface area contributed by atoms with E-state index in [1.807, 2.05) is 13.1 Å². The number of piperazine rings is 1. The van der Waals surface area contributed by atoms with E-state index in [-0.39, 0.29) is 18.3 Å². The van der Waals surface area contributed by atoms with Gasteiger partial charge in [-0.2, -0.15) is 5.10 Å². The summed E-state index contributed by atoms with van der Waals surface area (Å²) in [5.74, 6) is 0.0837. The van der Waals surface area contributed by atoms with Crippen LogP contribution in [0, 0.1) is 6.92 Å². The minimum Gasteiger partial charge on any atom is -0.360 e. The van der Waals surface area contributed by atoms with E-state index in [9.17, 15) is 4.79 Å². The molecule has 4 rings (SSSR count). The molecule has 1 fully saturated rings. The van der Waals surface area contributed by atoms with Crippen molar-refractivity contribution in [3.05, 3.63) is 53.3 Å². The van der Waals surface area contributed by atoms with Gasteiger partial charge >= 0.3 is 0 Å². The smallest absolute Gasteiger partial charge is 0.239 e. The van der Waals surface area contributed by atoms with Gasteiger partial charge in [0.2, 0.25) is 5.91 Å². The first-order valence-corrected chi connectivity index (χ1v) is 8.80. The van der Waals surface area contributed by atoms with Gasteiger partial charge in [0.1, 0.15) is 0 Å². The van der Waals surface area contributed by atoms with Crippen LogP contribution in [0.1, 0.15) is 16.8 Å². The van der Waals surface area contributed by atoms with Gasteiger partial charge in [-0.25, -0.2) is 4.98 Å². The van der Waals surface area contributed by atoms with Gasteiger partial charge in [0.15, 0.2) is 5.65 Å². The number of halogens is 1. The van der Waals surface area contributed by atoms with Gasteiger partial charge in [-0.15, -0.1) is 12.4 Å². The fourth-order valence-electron chi connectivity index (χ4n) is 3.19. The lowest BCUT2D eigenvalue weighted by Crippen LogP contribution is -2.47. The van der Waals surface area contributed by atoms with Crippen LogP contribution in [-0.2, 0) is 17.9 Å². The predicted octanol–water partition coefficient (Wildman–Crippen LogP) is 1.91. The number of aromatic nitrogens is 3. The molecular weight excluding hydrogens is 364 g/mol. The van der Waals surface area contributed by atoms with Gasteiger partial charge in [-0.3, -0.25) is 9.89 Å². The van der Waals surface area contributed by atoms with E-state index >= 15 is 0 Å². The summed E-state index contributed by atoms with van der Waals surface area (Å²) in [7, 11) is 0. The summed E-state index contributed by atoms with van der Waals surface area (Å²) in [5.41, 5.74) is 5.24. The molecule has 1 aliphatic rings. The summed E-state index contributed by atoms with van der Waals surface area (Å²) >= 11 is 0. The molecule has 142 valence electrons. The average Bonchev–Trinajstić information content (AvgIpc) is 3.03. The summed E-state index contributed by atoms with van der Waals surface area (Å²) in [4.78, 5) is 18.0. The van der Waals surface area contributed by atoms with Crippen LogP contribution in [0.5, 0.6) is 0 Å². The first-order chi connectivity index (χ1) is 12.7. The lowest BCUT2D eigenvalue weighted by Gasteiger charge is -2.28. The molecule has 1 saturated heterocycles. The first-order valence-electron chi connectivity index (χ1n) is 8.80. The Bertz CT molecular complexity index is 924. The molecule has 0 unspecified atom stereocenters. The Kier molecular flexibility index (Phi) is 5.93. The largest absolute Gasteiger partial charge is 0.360 e. The van der Waals surface area contributed by atoms with Gasteiger partial charge in [0.25, 0.3) is 0 Å². The number of aromatic amines is 1. The lowest BCUT2D eigenvalue weighted by atomic mass is 10.1. The van der Waals surface area contributed by atoms with E-state index in [2.05, 4.69) is 61.0 Å².